The van der Waals surface area contributed by atoms with Crippen molar-refractivity contribution in [1.82, 2.24) is 0 Å². The Morgan fingerprint density at radius 3 is 2.58 bits per heavy atom. The highest BCUT2D eigenvalue weighted by atomic mass is 35.5. The standard InChI is InChI=1S/C8H8Cl2FN/c9-5-1-2-6(7(10)3-5)8(12)4-11/h1-3,8H,4,12H2/t8-/m1/s1. The van der Waals surface area contributed by atoms with Crippen molar-refractivity contribution in [3.63, 3.8) is 0 Å². The molecule has 0 bridgehead atoms. The first kappa shape index (κ1) is 9.78. The summed E-state index contributed by atoms with van der Waals surface area (Å²) in [5.74, 6) is 0. The summed E-state index contributed by atoms with van der Waals surface area (Å²) in [7, 11) is 0. The van der Waals surface area contributed by atoms with Crippen LogP contribution in [-0.2, 0) is 0 Å². The van der Waals surface area contributed by atoms with Crippen molar-refractivity contribution in [3.8, 4) is 0 Å². The minimum atomic E-state index is -0.658. The van der Waals surface area contributed by atoms with Crippen LogP contribution in [0, 0.1) is 0 Å². The maximum absolute atomic E-state index is 12.1. The van der Waals surface area contributed by atoms with Crippen LogP contribution in [0.15, 0.2) is 18.2 Å². The predicted molar refractivity (Wildman–Crippen MR) is 49.4 cm³/mol. The van der Waals surface area contributed by atoms with Crippen molar-refractivity contribution in [2.75, 3.05) is 6.67 Å². The van der Waals surface area contributed by atoms with Crippen LogP contribution in [0.5, 0.6) is 0 Å². The summed E-state index contributed by atoms with van der Waals surface area (Å²) >= 11 is 11.4. The average Bonchev–Trinajstić information content (AvgIpc) is 2.03. The zero-order valence-electron chi connectivity index (χ0n) is 6.23. The second kappa shape index (κ2) is 4.08. The Balaban J connectivity index is 3.01. The summed E-state index contributed by atoms with van der Waals surface area (Å²) in [6, 6.07) is 4.16. The third-order valence-corrected chi connectivity index (χ3v) is 2.09. The molecule has 0 aliphatic rings. The largest absolute Gasteiger partial charge is 0.322 e. The van der Waals surface area contributed by atoms with E-state index in [9.17, 15) is 4.39 Å². The van der Waals surface area contributed by atoms with Crippen LogP contribution in [-0.4, -0.2) is 6.67 Å². The number of nitrogens with two attached hydrogens (primary N) is 1. The lowest BCUT2D eigenvalue weighted by molar-refractivity contribution is 0.437. The van der Waals surface area contributed by atoms with E-state index in [1.165, 1.54) is 0 Å². The molecular weight excluding hydrogens is 200 g/mol. The first-order valence-electron chi connectivity index (χ1n) is 3.41. The van der Waals surface area contributed by atoms with Gasteiger partial charge in [0.05, 0.1) is 6.04 Å². The molecule has 0 heterocycles. The monoisotopic (exact) mass is 207 g/mol. The van der Waals surface area contributed by atoms with E-state index in [1.54, 1.807) is 18.2 Å². The molecule has 0 saturated heterocycles. The number of hydrogen-bond donors (Lipinski definition) is 1. The topological polar surface area (TPSA) is 26.0 Å². The fraction of sp³-hybridized carbons (Fsp3) is 0.250. The molecule has 0 radical (unpaired) electrons. The minimum absolute atomic E-state index is 0.410. The van der Waals surface area contributed by atoms with Crippen molar-refractivity contribution in [2.45, 2.75) is 6.04 Å². The van der Waals surface area contributed by atoms with Gasteiger partial charge in [-0.15, -0.1) is 0 Å². The van der Waals surface area contributed by atoms with E-state index in [1.807, 2.05) is 0 Å². The molecule has 0 amide bonds. The van der Waals surface area contributed by atoms with Gasteiger partial charge in [0, 0.05) is 10.0 Å². The third kappa shape index (κ3) is 2.09. The van der Waals surface area contributed by atoms with Gasteiger partial charge in [-0.1, -0.05) is 29.3 Å². The first-order valence-corrected chi connectivity index (χ1v) is 4.17. The Labute approximate surface area is 80.3 Å². The molecule has 1 aromatic carbocycles. The Morgan fingerprint density at radius 1 is 1.42 bits per heavy atom. The van der Waals surface area contributed by atoms with Gasteiger partial charge in [-0.05, 0) is 17.7 Å². The van der Waals surface area contributed by atoms with E-state index < -0.39 is 12.7 Å². The highest BCUT2D eigenvalue weighted by molar-refractivity contribution is 6.35. The summed E-state index contributed by atoms with van der Waals surface area (Å²) in [6.45, 7) is -0.624. The van der Waals surface area contributed by atoms with Gasteiger partial charge in [0.25, 0.3) is 0 Å². The zero-order chi connectivity index (χ0) is 9.14. The van der Waals surface area contributed by atoms with Crippen LogP contribution in [0.4, 0.5) is 4.39 Å². The van der Waals surface area contributed by atoms with Crippen LogP contribution >= 0.6 is 23.2 Å². The van der Waals surface area contributed by atoms with Crippen LogP contribution < -0.4 is 5.73 Å². The fourth-order valence-electron chi connectivity index (χ4n) is 0.885. The Hall–Kier alpha value is -0.310. The van der Waals surface area contributed by atoms with Crippen LogP contribution in [0.25, 0.3) is 0 Å². The highest BCUT2D eigenvalue weighted by Crippen LogP contribution is 2.25. The molecule has 1 nitrogen and oxygen atoms in total. The summed E-state index contributed by atoms with van der Waals surface area (Å²) in [5.41, 5.74) is 6.03. The summed E-state index contributed by atoms with van der Waals surface area (Å²) in [4.78, 5) is 0. The van der Waals surface area contributed by atoms with E-state index in [2.05, 4.69) is 0 Å². The van der Waals surface area contributed by atoms with E-state index >= 15 is 0 Å². The van der Waals surface area contributed by atoms with Crippen molar-refractivity contribution in [1.29, 1.82) is 0 Å². The molecule has 0 aromatic heterocycles. The second-order valence-electron chi connectivity index (χ2n) is 2.43. The van der Waals surface area contributed by atoms with Crippen molar-refractivity contribution >= 4 is 23.2 Å². The number of alkyl halides is 1. The van der Waals surface area contributed by atoms with Gasteiger partial charge in [0.15, 0.2) is 0 Å². The van der Waals surface area contributed by atoms with Crippen LogP contribution in [0.2, 0.25) is 10.0 Å². The van der Waals surface area contributed by atoms with Crippen LogP contribution in [0.1, 0.15) is 11.6 Å². The maximum Gasteiger partial charge on any atom is 0.109 e. The van der Waals surface area contributed by atoms with Crippen LogP contribution in [0.3, 0.4) is 0 Å². The quantitative estimate of drug-likeness (QED) is 0.794. The van der Waals surface area contributed by atoms with Gasteiger partial charge < -0.3 is 5.73 Å². The maximum atomic E-state index is 12.1. The summed E-state index contributed by atoms with van der Waals surface area (Å²) in [6.07, 6.45) is 0. The van der Waals surface area contributed by atoms with Crippen molar-refractivity contribution < 1.29 is 4.39 Å². The first-order chi connectivity index (χ1) is 5.65. The molecule has 0 aliphatic carbocycles. The molecule has 66 valence electrons. The lowest BCUT2D eigenvalue weighted by Gasteiger charge is -2.09. The molecule has 12 heavy (non-hydrogen) atoms. The van der Waals surface area contributed by atoms with E-state index in [4.69, 9.17) is 28.9 Å². The van der Waals surface area contributed by atoms with Gasteiger partial charge in [0.2, 0.25) is 0 Å². The number of hydrogen-bond acceptors (Lipinski definition) is 1. The Morgan fingerprint density at radius 2 is 2.08 bits per heavy atom. The molecule has 1 aromatic rings. The molecular formula is C8H8Cl2FN. The fourth-order valence-corrected chi connectivity index (χ4v) is 1.43. The Kier molecular flexibility index (Phi) is 3.32. The van der Waals surface area contributed by atoms with E-state index in [-0.39, 0.29) is 0 Å². The molecule has 0 aliphatic heterocycles. The molecule has 0 spiro atoms. The predicted octanol–water partition coefficient (Wildman–Crippen LogP) is 2.96. The summed E-state index contributed by atoms with van der Waals surface area (Å²) in [5, 5.41) is 0.933. The normalized spacial score (nSPS) is 13.0. The van der Waals surface area contributed by atoms with Gasteiger partial charge in [0.1, 0.15) is 6.67 Å². The van der Waals surface area contributed by atoms with Gasteiger partial charge >= 0.3 is 0 Å². The molecule has 0 fully saturated rings. The molecule has 1 rings (SSSR count). The lowest BCUT2D eigenvalue weighted by atomic mass is 10.1. The second-order valence-corrected chi connectivity index (χ2v) is 3.27. The molecule has 0 unspecified atom stereocenters. The number of rotatable bonds is 2. The minimum Gasteiger partial charge on any atom is -0.322 e. The molecule has 2 N–H and O–H groups in total. The zero-order valence-corrected chi connectivity index (χ0v) is 7.74. The van der Waals surface area contributed by atoms with Crippen molar-refractivity contribution in [3.05, 3.63) is 33.8 Å². The molecule has 0 saturated carbocycles. The number of benzene rings is 1. The van der Waals surface area contributed by atoms with Crippen molar-refractivity contribution in [2.24, 2.45) is 5.73 Å². The van der Waals surface area contributed by atoms with Gasteiger partial charge in [-0.2, -0.15) is 0 Å². The Bertz CT molecular complexity index is 278. The molecule has 4 heteroatoms. The molecule has 1 atom stereocenters. The number of halogens is 3. The third-order valence-electron chi connectivity index (χ3n) is 1.53. The van der Waals surface area contributed by atoms with E-state index in [0.717, 1.165) is 0 Å². The summed E-state index contributed by atoms with van der Waals surface area (Å²) < 4.78 is 12.1. The SMILES string of the molecule is N[C@H](CF)c1ccc(Cl)cc1Cl. The smallest absolute Gasteiger partial charge is 0.109 e. The van der Waals surface area contributed by atoms with E-state index in [0.29, 0.717) is 15.6 Å². The van der Waals surface area contributed by atoms with Gasteiger partial charge in [-0.25, -0.2) is 4.39 Å². The van der Waals surface area contributed by atoms with Gasteiger partial charge in [-0.3, -0.25) is 0 Å². The highest BCUT2D eigenvalue weighted by Gasteiger charge is 2.09. The average molecular weight is 208 g/mol. The lowest BCUT2D eigenvalue weighted by Crippen LogP contribution is -2.12.